The third-order valence-electron chi connectivity index (χ3n) is 6.21. The van der Waals surface area contributed by atoms with Crippen molar-refractivity contribution in [3.8, 4) is 5.75 Å². The van der Waals surface area contributed by atoms with Gasteiger partial charge >= 0.3 is 0 Å². The lowest BCUT2D eigenvalue weighted by atomic mass is 9.95. The van der Waals surface area contributed by atoms with Crippen LogP contribution in [0.5, 0.6) is 5.75 Å². The van der Waals surface area contributed by atoms with Crippen molar-refractivity contribution in [3.05, 3.63) is 53.6 Å². The van der Waals surface area contributed by atoms with Gasteiger partial charge in [-0.15, -0.1) is 0 Å². The van der Waals surface area contributed by atoms with E-state index in [0.29, 0.717) is 34.9 Å². The van der Waals surface area contributed by atoms with Crippen LogP contribution in [0.3, 0.4) is 0 Å². The van der Waals surface area contributed by atoms with Crippen LogP contribution in [0.4, 0.5) is 5.69 Å². The Bertz CT molecular complexity index is 1040. The number of para-hydroxylation sites is 2. The van der Waals surface area contributed by atoms with Crippen LogP contribution in [0.15, 0.2) is 53.4 Å². The Kier molecular flexibility index (Phi) is 6.44. The van der Waals surface area contributed by atoms with Gasteiger partial charge in [0.05, 0.1) is 17.2 Å². The second-order valence-corrected chi connectivity index (χ2v) is 10.5. The van der Waals surface area contributed by atoms with Crippen LogP contribution in [0.1, 0.15) is 32.6 Å². The third-order valence-corrected chi connectivity index (χ3v) is 8.23. The molecular weight excluding hydrogens is 436 g/mol. The molecule has 2 aromatic carbocycles. The number of anilines is 1. The van der Waals surface area contributed by atoms with Gasteiger partial charge in [-0.1, -0.05) is 30.2 Å². The first-order valence-electron chi connectivity index (χ1n) is 10.7. The van der Waals surface area contributed by atoms with Gasteiger partial charge in [0.2, 0.25) is 5.91 Å². The third kappa shape index (κ3) is 4.67. The minimum atomic E-state index is -4.02. The van der Waals surface area contributed by atoms with Gasteiger partial charge in [0.15, 0.2) is 0 Å². The van der Waals surface area contributed by atoms with E-state index in [2.05, 4.69) is 5.32 Å². The van der Waals surface area contributed by atoms with Gasteiger partial charge in [0.25, 0.3) is 10.0 Å². The summed E-state index contributed by atoms with van der Waals surface area (Å²) in [5.41, 5.74) is 0.336. The lowest BCUT2D eigenvalue weighted by Gasteiger charge is -2.28. The maximum atomic E-state index is 13.5. The fourth-order valence-electron chi connectivity index (χ4n) is 4.78. The molecule has 3 atom stereocenters. The number of sulfonamides is 1. The van der Waals surface area contributed by atoms with Gasteiger partial charge in [-0.05, 0) is 74.4 Å². The Morgan fingerprint density at radius 1 is 1.13 bits per heavy atom. The molecule has 6 nitrogen and oxygen atoms in total. The number of carbonyl (C=O) groups is 1. The molecule has 0 radical (unpaired) electrons. The van der Waals surface area contributed by atoms with E-state index in [-0.39, 0.29) is 23.4 Å². The number of benzene rings is 2. The van der Waals surface area contributed by atoms with Gasteiger partial charge in [-0.3, -0.25) is 9.10 Å². The molecule has 0 spiro atoms. The number of hydrogen-bond acceptors (Lipinski definition) is 4. The summed E-state index contributed by atoms with van der Waals surface area (Å²) in [5.74, 6) is 1.30. The van der Waals surface area contributed by atoms with Crippen molar-refractivity contribution in [2.24, 2.45) is 11.8 Å². The van der Waals surface area contributed by atoms with E-state index < -0.39 is 10.0 Å². The lowest BCUT2D eigenvalue weighted by molar-refractivity contribution is -0.120. The molecular formula is C23H27ClN2O4S. The molecule has 8 heteroatoms. The van der Waals surface area contributed by atoms with Crippen molar-refractivity contribution in [1.29, 1.82) is 0 Å². The van der Waals surface area contributed by atoms with E-state index >= 15 is 0 Å². The monoisotopic (exact) mass is 462 g/mol. The summed E-state index contributed by atoms with van der Waals surface area (Å²) in [6, 6.07) is 12.9. The molecule has 0 aliphatic heterocycles. The molecule has 2 aliphatic carbocycles. The molecule has 0 aromatic heterocycles. The first kappa shape index (κ1) is 22.0. The van der Waals surface area contributed by atoms with E-state index in [1.54, 1.807) is 24.3 Å². The van der Waals surface area contributed by atoms with Crippen molar-refractivity contribution < 1.29 is 17.9 Å². The summed E-state index contributed by atoms with van der Waals surface area (Å²) < 4.78 is 33.9. The van der Waals surface area contributed by atoms with Gasteiger partial charge in [0, 0.05) is 11.1 Å². The summed E-state index contributed by atoms with van der Waals surface area (Å²) in [7, 11) is -4.02. The van der Waals surface area contributed by atoms with Gasteiger partial charge in [-0.25, -0.2) is 8.42 Å². The number of rotatable bonds is 8. The van der Waals surface area contributed by atoms with Crippen LogP contribution >= 0.6 is 11.6 Å². The molecule has 1 amide bonds. The Labute approximate surface area is 188 Å². The minimum Gasteiger partial charge on any atom is -0.492 e. The van der Waals surface area contributed by atoms with E-state index in [1.807, 2.05) is 6.92 Å². The average Bonchev–Trinajstić information content (AvgIpc) is 3.36. The highest BCUT2D eigenvalue weighted by Gasteiger charge is 2.40. The molecule has 2 fully saturated rings. The maximum Gasteiger partial charge on any atom is 0.264 e. The van der Waals surface area contributed by atoms with Crippen molar-refractivity contribution in [3.63, 3.8) is 0 Å². The standard InChI is InChI=1S/C23H27ClN2O4S/c1-2-30-22-6-4-3-5-21(22)26(31(28,29)19-11-9-18(24)10-12-19)15-23(27)25-20-14-16-7-8-17(20)13-16/h3-6,9-12,16-17,20H,2,7-8,13-15H2,1H3,(H,25,27)/t16-,17+,20+/m0/s1. The molecule has 0 saturated heterocycles. The molecule has 31 heavy (non-hydrogen) atoms. The smallest absolute Gasteiger partial charge is 0.264 e. The number of carbonyl (C=O) groups excluding carboxylic acids is 1. The molecule has 4 rings (SSSR count). The normalized spacial score (nSPS) is 22.3. The average molecular weight is 463 g/mol. The SMILES string of the molecule is CCOc1ccccc1N(CC(=O)N[C@@H]1C[C@H]2CC[C@@H]1C2)S(=O)(=O)c1ccc(Cl)cc1. The van der Waals surface area contributed by atoms with E-state index in [4.69, 9.17) is 16.3 Å². The summed E-state index contributed by atoms with van der Waals surface area (Å²) in [6.45, 7) is 1.89. The number of nitrogens with one attached hydrogen (secondary N) is 1. The Morgan fingerprint density at radius 2 is 1.87 bits per heavy atom. The van der Waals surface area contributed by atoms with Crippen LogP contribution in [-0.4, -0.2) is 33.5 Å². The zero-order valence-corrected chi connectivity index (χ0v) is 19.0. The number of ether oxygens (including phenoxy) is 1. The topological polar surface area (TPSA) is 75.7 Å². The predicted octanol–water partition coefficient (Wildman–Crippen LogP) is 4.24. The van der Waals surface area contributed by atoms with Gasteiger partial charge < -0.3 is 10.1 Å². The number of hydrogen-bond donors (Lipinski definition) is 1. The predicted molar refractivity (Wildman–Crippen MR) is 121 cm³/mol. The van der Waals surface area contributed by atoms with Crippen molar-refractivity contribution in [1.82, 2.24) is 5.32 Å². The summed E-state index contributed by atoms with van der Waals surface area (Å²) in [6.07, 6.45) is 4.51. The molecule has 2 saturated carbocycles. The molecule has 2 aliphatic rings. The second kappa shape index (κ2) is 9.09. The van der Waals surface area contributed by atoms with Crippen molar-refractivity contribution in [2.45, 2.75) is 43.5 Å². The molecule has 2 aromatic rings. The molecule has 1 N–H and O–H groups in total. The van der Waals surface area contributed by atoms with Crippen LogP contribution in [0.25, 0.3) is 0 Å². The zero-order chi connectivity index (χ0) is 22.0. The summed E-state index contributed by atoms with van der Waals surface area (Å²) in [5, 5.41) is 3.53. The Morgan fingerprint density at radius 3 is 2.52 bits per heavy atom. The number of fused-ring (bicyclic) bond motifs is 2. The van der Waals surface area contributed by atoms with E-state index in [9.17, 15) is 13.2 Å². The van der Waals surface area contributed by atoms with E-state index in [1.165, 1.54) is 30.7 Å². The number of amides is 1. The van der Waals surface area contributed by atoms with Gasteiger partial charge in [-0.2, -0.15) is 0 Å². The first-order valence-corrected chi connectivity index (χ1v) is 12.5. The minimum absolute atomic E-state index is 0.0657. The quantitative estimate of drug-likeness (QED) is 0.636. The number of nitrogens with zero attached hydrogens (tertiary/aromatic N) is 1. The molecule has 0 heterocycles. The second-order valence-electron chi connectivity index (χ2n) is 8.22. The van der Waals surface area contributed by atoms with Crippen LogP contribution in [-0.2, 0) is 14.8 Å². The molecule has 166 valence electrons. The highest BCUT2D eigenvalue weighted by molar-refractivity contribution is 7.92. The number of halogens is 1. The van der Waals surface area contributed by atoms with Crippen LogP contribution < -0.4 is 14.4 Å². The summed E-state index contributed by atoms with van der Waals surface area (Å²) >= 11 is 5.94. The summed E-state index contributed by atoms with van der Waals surface area (Å²) in [4.78, 5) is 13.0. The zero-order valence-electron chi connectivity index (χ0n) is 17.5. The highest BCUT2D eigenvalue weighted by Crippen LogP contribution is 2.44. The molecule has 2 bridgehead atoms. The fourth-order valence-corrected chi connectivity index (χ4v) is 6.34. The van der Waals surface area contributed by atoms with Gasteiger partial charge in [0.1, 0.15) is 12.3 Å². The van der Waals surface area contributed by atoms with Crippen molar-refractivity contribution >= 4 is 33.2 Å². The lowest BCUT2D eigenvalue weighted by Crippen LogP contribution is -2.46. The van der Waals surface area contributed by atoms with Crippen LogP contribution in [0.2, 0.25) is 5.02 Å². The van der Waals surface area contributed by atoms with E-state index in [0.717, 1.165) is 23.6 Å². The largest absolute Gasteiger partial charge is 0.492 e. The Balaban J connectivity index is 1.64. The maximum absolute atomic E-state index is 13.5. The van der Waals surface area contributed by atoms with Crippen LogP contribution in [0, 0.1) is 11.8 Å². The highest BCUT2D eigenvalue weighted by atomic mass is 35.5. The molecule has 0 unspecified atom stereocenters. The Hall–Kier alpha value is -2.25. The fraction of sp³-hybridized carbons (Fsp3) is 0.435. The first-order chi connectivity index (χ1) is 14.9. The van der Waals surface area contributed by atoms with Crippen molar-refractivity contribution in [2.75, 3.05) is 17.5 Å².